The van der Waals surface area contributed by atoms with Crippen molar-refractivity contribution in [1.82, 2.24) is 0 Å². The number of carboxylic acids is 1. The number of hydrogen-bond acceptors (Lipinski definition) is 2. The lowest BCUT2D eigenvalue weighted by Crippen LogP contribution is -2.31. The number of carbonyl (C=O) groups is 2. The maximum atomic E-state index is 13.3. The first-order valence-electron chi connectivity index (χ1n) is 9.49. The molecule has 4 nitrogen and oxygen atoms in total. The van der Waals surface area contributed by atoms with Crippen LogP contribution in [0.4, 0.5) is 18.9 Å². The van der Waals surface area contributed by atoms with Gasteiger partial charge in [-0.15, -0.1) is 0 Å². The molecule has 160 valence electrons. The minimum absolute atomic E-state index is 0.0591. The fraction of sp³-hybridized carbons (Fsp3) is 0.167. The highest BCUT2D eigenvalue weighted by Gasteiger charge is 2.30. The number of hydrogen-bond donors (Lipinski definition) is 1. The molecule has 0 saturated carbocycles. The molecule has 0 saturated heterocycles. The normalized spacial score (nSPS) is 11.2. The summed E-state index contributed by atoms with van der Waals surface area (Å²) in [5.41, 5.74) is 2.11. The van der Waals surface area contributed by atoms with Crippen LogP contribution < -0.4 is 4.90 Å². The molecule has 1 N–H and O–H groups in total. The van der Waals surface area contributed by atoms with Gasteiger partial charge in [-0.25, -0.2) is 0 Å². The first-order chi connectivity index (χ1) is 14.6. The summed E-state index contributed by atoms with van der Waals surface area (Å²) in [6.45, 7) is 1.86. The predicted molar refractivity (Wildman–Crippen MR) is 111 cm³/mol. The largest absolute Gasteiger partial charge is 0.481 e. The summed E-state index contributed by atoms with van der Waals surface area (Å²) in [6.07, 6.45) is -4.58. The Balaban J connectivity index is 1.95. The number of carboxylic acid groups (broad SMARTS) is 1. The molecule has 0 fully saturated rings. The van der Waals surface area contributed by atoms with Gasteiger partial charge in [0.05, 0.1) is 18.5 Å². The van der Waals surface area contributed by atoms with E-state index >= 15 is 0 Å². The molecule has 3 rings (SSSR count). The number of amides is 1. The number of halogens is 3. The molecular weight excluding hydrogens is 407 g/mol. The van der Waals surface area contributed by atoms with Crippen LogP contribution in [0.15, 0.2) is 72.8 Å². The van der Waals surface area contributed by atoms with Crippen LogP contribution in [0.1, 0.15) is 32.6 Å². The van der Waals surface area contributed by atoms with Crippen molar-refractivity contribution in [2.45, 2.75) is 26.1 Å². The Labute approximate surface area is 177 Å². The molecule has 0 atom stereocenters. The monoisotopic (exact) mass is 427 g/mol. The fourth-order valence-corrected chi connectivity index (χ4v) is 3.19. The number of nitrogens with zero attached hydrogens (tertiary/aromatic N) is 1. The molecule has 0 spiro atoms. The molecule has 0 radical (unpaired) electrons. The minimum atomic E-state index is -4.44. The topological polar surface area (TPSA) is 57.6 Å². The second kappa shape index (κ2) is 9.04. The molecule has 0 aromatic heterocycles. The second-order valence-electron chi connectivity index (χ2n) is 7.14. The highest BCUT2D eigenvalue weighted by molar-refractivity contribution is 6.07. The van der Waals surface area contributed by atoms with Gasteiger partial charge in [0.15, 0.2) is 0 Å². The third kappa shape index (κ3) is 5.51. The van der Waals surface area contributed by atoms with Crippen LogP contribution >= 0.6 is 0 Å². The van der Waals surface area contributed by atoms with Gasteiger partial charge < -0.3 is 10.0 Å². The van der Waals surface area contributed by atoms with Crippen molar-refractivity contribution in [2.24, 2.45) is 0 Å². The fourth-order valence-electron chi connectivity index (χ4n) is 3.19. The van der Waals surface area contributed by atoms with Crippen molar-refractivity contribution < 1.29 is 27.9 Å². The van der Waals surface area contributed by atoms with Crippen molar-refractivity contribution >= 4 is 17.6 Å². The summed E-state index contributed by atoms with van der Waals surface area (Å²) >= 11 is 0. The lowest BCUT2D eigenvalue weighted by Gasteiger charge is -2.24. The van der Waals surface area contributed by atoms with Crippen molar-refractivity contribution in [3.63, 3.8) is 0 Å². The highest BCUT2D eigenvalue weighted by atomic mass is 19.4. The number of alkyl halides is 3. The summed E-state index contributed by atoms with van der Waals surface area (Å²) < 4.78 is 38.6. The lowest BCUT2D eigenvalue weighted by atomic mass is 10.1. The third-order valence-corrected chi connectivity index (χ3v) is 4.85. The van der Waals surface area contributed by atoms with Crippen LogP contribution in [0.3, 0.4) is 0 Å². The van der Waals surface area contributed by atoms with E-state index in [0.29, 0.717) is 22.4 Å². The summed E-state index contributed by atoms with van der Waals surface area (Å²) in [5.74, 6) is -1.27. The Bertz CT molecular complexity index is 1070. The standard InChI is InChI=1S/C24H20F3NO3/c1-16-4-2-3-5-21(16)23(31)28(20-12-8-17(9-13-20)14-22(29)30)15-18-6-10-19(11-7-18)24(25,26)27/h2-13H,14-15H2,1H3,(H,29,30). The van der Waals surface area contributed by atoms with Crippen molar-refractivity contribution in [1.29, 1.82) is 0 Å². The summed E-state index contributed by atoms with van der Waals surface area (Å²) in [6, 6.07) is 18.2. The van der Waals surface area contributed by atoms with E-state index in [-0.39, 0.29) is 18.9 Å². The van der Waals surface area contributed by atoms with Crippen LogP contribution in [0, 0.1) is 6.92 Å². The third-order valence-electron chi connectivity index (χ3n) is 4.85. The minimum Gasteiger partial charge on any atom is -0.481 e. The van der Waals surface area contributed by atoms with E-state index in [0.717, 1.165) is 17.7 Å². The molecule has 0 heterocycles. The van der Waals surface area contributed by atoms with E-state index in [9.17, 15) is 22.8 Å². The van der Waals surface area contributed by atoms with Gasteiger partial charge in [-0.2, -0.15) is 13.2 Å². The van der Waals surface area contributed by atoms with Gasteiger partial charge >= 0.3 is 12.1 Å². The van der Waals surface area contributed by atoms with Crippen molar-refractivity contribution in [3.05, 3.63) is 101 Å². The van der Waals surface area contributed by atoms with E-state index < -0.39 is 17.7 Å². The Morgan fingerprint density at radius 3 is 2.00 bits per heavy atom. The first-order valence-corrected chi connectivity index (χ1v) is 9.49. The molecule has 0 aliphatic rings. The quantitative estimate of drug-likeness (QED) is 0.566. The molecule has 7 heteroatoms. The van der Waals surface area contributed by atoms with E-state index in [1.807, 2.05) is 6.07 Å². The van der Waals surface area contributed by atoms with Crippen LogP contribution in [0.25, 0.3) is 0 Å². The van der Waals surface area contributed by atoms with Crippen molar-refractivity contribution in [3.8, 4) is 0 Å². The average molecular weight is 427 g/mol. The summed E-state index contributed by atoms with van der Waals surface area (Å²) in [4.78, 5) is 25.7. The van der Waals surface area contributed by atoms with E-state index in [4.69, 9.17) is 5.11 Å². The molecule has 3 aromatic carbocycles. The number of carbonyl (C=O) groups excluding carboxylic acids is 1. The molecule has 0 aliphatic carbocycles. The first kappa shape index (κ1) is 22.1. The average Bonchev–Trinajstić information content (AvgIpc) is 2.72. The Morgan fingerprint density at radius 2 is 1.45 bits per heavy atom. The molecule has 0 aliphatic heterocycles. The van der Waals surface area contributed by atoms with Crippen LogP contribution in [-0.4, -0.2) is 17.0 Å². The van der Waals surface area contributed by atoms with Gasteiger partial charge in [0.2, 0.25) is 0 Å². The van der Waals surface area contributed by atoms with Gasteiger partial charge in [0.25, 0.3) is 5.91 Å². The van der Waals surface area contributed by atoms with Gasteiger partial charge in [-0.3, -0.25) is 9.59 Å². The van der Waals surface area contributed by atoms with E-state index in [1.54, 1.807) is 49.4 Å². The molecule has 0 bridgehead atoms. The zero-order chi connectivity index (χ0) is 22.6. The molecule has 31 heavy (non-hydrogen) atoms. The smallest absolute Gasteiger partial charge is 0.416 e. The summed E-state index contributed by atoms with van der Waals surface area (Å²) in [5, 5.41) is 8.94. The maximum absolute atomic E-state index is 13.3. The van der Waals surface area contributed by atoms with E-state index in [1.165, 1.54) is 17.0 Å². The summed E-state index contributed by atoms with van der Waals surface area (Å²) in [7, 11) is 0. The van der Waals surface area contributed by atoms with Gasteiger partial charge in [-0.1, -0.05) is 42.5 Å². The second-order valence-corrected chi connectivity index (χ2v) is 7.14. The zero-order valence-electron chi connectivity index (χ0n) is 16.7. The number of rotatable bonds is 6. The Kier molecular flexibility index (Phi) is 6.44. The van der Waals surface area contributed by atoms with Crippen LogP contribution in [0.5, 0.6) is 0 Å². The molecule has 1 amide bonds. The number of anilines is 1. The predicted octanol–water partition coefficient (Wildman–Crippen LogP) is 5.49. The highest BCUT2D eigenvalue weighted by Crippen LogP contribution is 2.30. The molecular formula is C24H20F3NO3. The Hall–Kier alpha value is -3.61. The van der Waals surface area contributed by atoms with Crippen LogP contribution in [0.2, 0.25) is 0 Å². The zero-order valence-corrected chi connectivity index (χ0v) is 16.7. The SMILES string of the molecule is Cc1ccccc1C(=O)N(Cc1ccc(C(F)(F)F)cc1)c1ccc(CC(=O)O)cc1. The van der Waals surface area contributed by atoms with Crippen molar-refractivity contribution in [2.75, 3.05) is 4.90 Å². The lowest BCUT2D eigenvalue weighted by molar-refractivity contribution is -0.138. The van der Waals surface area contributed by atoms with Gasteiger partial charge in [-0.05, 0) is 53.9 Å². The number of aliphatic carboxylic acids is 1. The Morgan fingerprint density at radius 1 is 0.871 bits per heavy atom. The maximum Gasteiger partial charge on any atom is 0.416 e. The molecule has 0 unspecified atom stereocenters. The van der Waals surface area contributed by atoms with Crippen LogP contribution in [-0.2, 0) is 23.9 Å². The number of benzene rings is 3. The van der Waals surface area contributed by atoms with Gasteiger partial charge in [0, 0.05) is 11.3 Å². The van der Waals surface area contributed by atoms with E-state index in [2.05, 4.69) is 0 Å². The number of aryl methyl sites for hydroxylation is 1. The van der Waals surface area contributed by atoms with Gasteiger partial charge in [0.1, 0.15) is 0 Å². The molecule has 3 aromatic rings.